The molecule has 8 heteroatoms. The first-order valence-corrected chi connectivity index (χ1v) is 8.96. The second-order valence-electron chi connectivity index (χ2n) is 6.12. The van der Waals surface area contributed by atoms with Crippen LogP contribution in [0.25, 0.3) is 0 Å². The van der Waals surface area contributed by atoms with Crippen molar-refractivity contribution in [2.24, 2.45) is 12.0 Å². The number of hydrogen-bond acceptors (Lipinski definition) is 4. The van der Waals surface area contributed by atoms with Gasteiger partial charge in [-0.15, -0.1) is 10.2 Å². The highest BCUT2D eigenvalue weighted by molar-refractivity contribution is 6.30. The molecule has 1 aromatic carbocycles. The summed E-state index contributed by atoms with van der Waals surface area (Å²) in [4.78, 5) is 6.80. The van der Waals surface area contributed by atoms with Crippen LogP contribution in [0.1, 0.15) is 23.6 Å². The minimum atomic E-state index is 0.467. The van der Waals surface area contributed by atoms with Gasteiger partial charge < -0.3 is 19.5 Å². The van der Waals surface area contributed by atoms with Crippen LogP contribution in [0.2, 0.25) is 5.02 Å². The maximum Gasteiger partial charge on any atom is 0.194 e. The molecule has 7 nitrogen and oxygen atoms in total. The molecule has 0 fully saturated rings. The summed E-state index contributed by atoms with van der Waals surface area (Å²) in [5, 5.41) is 12.4. The number of methoxy groups -OCH3 is 1. The third-order valence-corrected chi connectivity index (χ3v) is 4.31. The van der Waals surface area contributed by atoms with Crippen LogP contribution in [0.3, 0.4) is 0 Å². The first-order valence-electron chi connectivity index (χ1n) is 8.59. The van der Waals surface area contributed by atoms with E-state index in [0.29, 0.717) is 13.2 Å². The Hall–Kier alpha value is -2.12. The van der Waals surface area contributed by atoms with Crippen molar-refractivity contribution >= 4 is 17.6 Å². The first-order chi connectivity index (χ1) is 12.5. The van der Waals surface area contributed by atoms with E-state index in [2.05, 4.69) is 20.4 Å². The third-order valence-electron chi connectivity index (χ3n) is 4.06. The number of aryl methyl sites for hydroxylation is 1. The summed E-state index contributed by atoms with van der Waals surface area (Å²) in [6.45, 7) is 4.62. The number of aliphatic imine (C=N–C) groups is 1. The van der Waals surface area contributed by atoms with Gasteiger partial charge in [0.25, 0.3) is 0 Å². The lowest BCUT2D eigenvalue weighted by Gasteiger charge is -2.22. The largest absolute Gasteiger partial charge is 0.385 e. The molecule has 0 atom stereocenters. The third kappa shape index (κ3) is 6.00. The van der Waals surface area contributed by atoms with Gasteiger partial charge in [-0.2, -0.15) is 0 Å². The highest BCUT2D eigenvalue weighted by Gasteiger charge is 2.09. The number of aromatic nitrogens is 3. The quantitative estimate of drug-likeness (QED) is 0.434. The van der Waals surface area contributed by atoms with Gasteiger partial charge in [0.15, 0.2) is 11.8 Å². The van der Waals surface area contributed by atoms with Crippen LogP contribution in [0.15, 0.2) is 29.3 Å². The molecule has 26 heavy (non-hydrogen) atoms. The lowest BCUT2D eigenvalue weighted by molar-refractivity contribution is 0.195. The van der Waals surface area contributed by atoms with E-state index < -0.39 is 0 Å². The van der Waals surface area contributed by atoms with Crippen molar-refractivity contribution in [1.82, 2.24) is 25.0 Å². The van der Waals surface area contributed by atoms with Crippen molar-refractivity contribution in [3.05, 3.63) is 46.5 Å². The van der Waals surface area contributed by atoms with E-state index in [4.69, 9.17) is 21.3 Å². The zero-order valence-corrected chi connectivity index (χ0v) is 16.6. The molecule has 2 rings (SSSR count). The lowest BCUT2D eigenvalue weighted by atomic mass is 10.2. The second-order valence-corrected chi connectivity index (χ2v) is 6.55. The Labute approximate surface area is 160 Å². The number of rotatable bonds is 8. The molecule has 0 radical (unpaired) electrons. The van der Waals surface area contributed by atoms with Crippen molar-refractivity contribution in [3.8, 4) is 0 Å². The van der Waals surface area contributed by atoms with Crippen LogP contribution in [0.5, 0.6) is 0 Å². The smallest absolute Gasteiger partial charge is 0.194 e. The van der Waals surface area contributed by atoms with Crippen molar-refractivity contribution in [2.75, 3.05) is 27.3 Å². The van der Waals surface area contributed by atoms with E-state index in [1.807, 2.05) is 49.9 Å². The fourth-order valence-electron chi connectivity index (χ4n) is 2.40. The van der Waals surface area contributed by atoms with E-state index in [9.17, 15) is 0 Å². The highest BCUT2D eigenvalue weighted by atomic mass is 35.5. The number of nitrogens with one attached hydrogen (secondary N) is 1. The fraction of sp³-hybridized carbons (Fsp3) is 0.500. The Morgan fingerprint density at radius 2 is 2.04 bits per heavy atom. The molecule has 0 spiro atoms. The maximum atomic E-state index is 5.97. The summed E-state index contributed by atoms with van der Waals surface area (Å²) < 4.78 is 7.06. The minimum Gasteiger partial charge on any atom is -0.385 e. The monoisotopic (exact) mass is 378 g/mol. The van der Waals surface area contributed by atoms with Gasteiger partial charge >= 0.3 is 0 Å². The zero-order chi connectivity index (χ0) is 18.9. The van der Waals surface area contributed by atoms with Crippen LogP contribution in [-0.2, 0) is 24.9 Å². The van der Waals surface area contributed by atoms with Gasteiger partial charge in [0.2, 0.25) is 0 Å². The standard InChI is InChI=1S/C18H27ClN6O/c1-14-22-23-17(25(14)3)12-21-18(20-10-5-11-26-4)24(2)13-15-6-8-16(19)9-7-15/h6-9H,5,10-13H2,1-4H3,(H,20,21). The van der Waals surface area contributed by atoms with E-state index in [-0.39, 0.29) is 0 Å². The summed E-state index contributed by atoms with van der Waals surface area (Å²) in [7, 11) is 5.67. The van der Waals surface area contributed by atoms with Gasteiger partial charge in [0.1, 0.15) is 12.4 Å². The Bertz CT molecular complexity index is 713. The maximum absolute atomic E-state index is 5.97. The van der Waals surface area contributed by atoms with E-state index in [0.717, 1.165) is 47.7 Å². The van der Waals surface area contributed by atoms with Crippen molar-refractivity contribution in [3.63, 3.8) is 0 Å². The van der Waals surface area contributed by atoms with Crippen LogP contribution in [-0.4, -0.2) is 52.9 Å². The van der Waals surface area contributed by atoms with Crippen molar-refractivity contribution < 1.29 is 4.74 Å². The predicted octanol–water partition coefficient (Wildman–Crippen LogP) is 2.39. The van der Waals surface area contributed by atoms with Gasteiger partial charge in [-0.05, 0) is 31.0 Å². The first kappa shape index (κ1) is 20.2. The molecule has 0 saturated heterocycles. The Morgan fingerprint density at radius 3 is 2.65 bits per heavy atom. The minimum absolute atomic E-state index is 0.467. The second kappa shape index (κ2) is 10.1. The van der Waals surface area contributed by atoms with Crippen LogP contribution >= 0.6 is 11.6 Å². The van der Waals surface area contributed by atoms with Gasteiger partial charge in [0, 0.05) is 45.9 Å². The van der Waals surface area contributed by atoms with Crippen LogP contribution in [0.4, 0.5) is 0 Å². The van der Waals surface area contributed by atoms with Crippen LogP contribution < -0.4 is 5.32 Å². The number of ether oxygens (including phenoxy) is 1. The zero-order valence-electron chi connectivity index (χ0n) is 15.9. The summed E-state index contributed by atoms with van der Waals surface area (Å²) in [5.41, 5.74) is 1.16. The summed E-state index contributed by atoms with van der Waals surface area (Å²) in [6.07, 6.45) is 0.910. The van der Waals surface area contributed by atoms with E-state index in [1.54, 1.807) is 7.11 Å². The number of halogens is 1. The molecule has 0 aliphatic rings. The molecular weight excluding hydrogens is 352 g/mol. The number of hydrogen-bond donors (Lipinski definition) is 1. The van der Waals surface area contributed by atoms with Gasteiger partial charge in [-0.3, -0.25) is 0 Å². The SMILES string of the molecule is COCCCNC(=NCc1nnc(C)n1C)N(C)Cc1ccc(Cl)cc1. The summed E-state index contributed by atoms with van der Waals surface area (Å²) >= 11 is 5.97. The molecule has 2 aromatic rings. The normalized spacial score (nSPS) is 11.7. The summed E-state index contributed by atoms with van der Waals surface area (Å²) in [5.74, 6) is 2.52. The number of benzene rings is 1. The molecule has 1 heterocycles. The number of nitrogens with zero attached hydrogens (tertiary/aromatic N) is 5. The lowest BCUT2D eigenvalue weighted by Crippen LogP contribution is -2.39. The molecule has 0 saturated carbocycles. The predicted molar refractivity (Wildman–Crippen MR) is 104 cm³/mol. The molecule has 1 N–H and O–H groups in total. The Kier molecular flexibility index (Phi) is 7.87. The molecule has 142 valence electrons. The molecule has 0 bridgehead atoms. The molecule has 0 unspecified atom stereocenters. The molecule has 0 amide bonds. The van der Waals surface area contributed by atoms with Gasteiger partial charge in [-0.1, -0.05) is 23.7 Å². The summed E-state index contributed by atoms with van der Waals surface area (Å²) in [6, 6.07) is 7.84. The Balaban J connectivity index is 2.06. The topological polar surface area (TPSA) is 67.6 Å². The van der Waals surface area contributed by atoms with Crippen molar-refractivity contribution in [1.29, 1.82) is 0 Å². The van der Waals surface area contributed by atoms with Crippen LogP contribution in [0, 0.1) is 6.92 Å². The average molecular weight is 379 g/mol. The molecule has 0 aliphatic carbocycles. The average Bonchev–Trinajstić information content (AvgIpc) is 2.95. The molecule has 0 aliphatic heterocycles. The number of guanidine groups is 1. The van der Waals surface area contributed by atoms with E-state index in [1.165, 1.54) is 0 Å². The highest BCUT2D eigenvalue weighted by Crippen LogP contribution is 2.11. The Morgan fingerprint density at radius 1 is 1.31 bits per heavy atom. The van der Waals surface area contributed by atoms with Gasteiger partial charge in [-0.25, -0.2) is 4.99 Å². The molecule has 1 aromatic heterocycles. The van der Waals surface area contributed by atoms with Crippen molar-refractivity contribution in [2.45, 2.75) is 26.4 Å². The fourth-order valence-corrected chi connectivity index (χ4v) is 2.53. The van der Waals surface area contributed by atoms with E-state index >= 15 is 0 Å². The molecular formula is C18H27ClN6O. The van der Waals surface area contributed by atoms with Gasteiger partial charge in [0.05, 0.1) is 0 Å².